The quantitative estimate of drug-likeness (QED) is 0.774. The van der Waals surface area contributed by atoms with Gasteiger partial charge in [-0.3, -0.25) is 4.79 Å². The largest absolute Gasteiger partial charge is 0.355 e. The minimum atomic E-state index is -0.178. The molecule has 1 atom stereocenters. The standard InChI is InChI=1S/C17H19N7O/c1-18-16(25)13-10-22-24-14(5-8-19-15(13)24)12-4-2-9-23(11-12)17-20-6-3-7-21-17/h3,5-8,10,12H,2,4,9,11H2,1H3,(H,18,25). The number of nitrogens with zero attached hydrogens (tertiary/aromatic N) is 6. The first-order chi connectivity index (χ1) is 12.3. The van der Waals surface area contributed by atoms with Crippen molar-refractivity contribution in [3.63, 3.8) is 0 Å². The molecule has 4 rings (SSSR count). The molecular weight excluding hydrogens is 318 g/mol. The van der Waals surface area contributed by atoms with Crippen LogP contribution in [0.15, 0.2) is 36.9 Å². The van der Waals surface area contributed by atoms with Crippen molar-refractivity contribution >= 4 is 17.5 Å². The van der Waals surface area contributed by atoms with Gasteiger partial charge < -0.3 is 10.2 Å². The molecule has 3 aromatic rings. The van der Waals surface area contributed by atoms with Gasteiger partial charge in [0.2, 0.25) is 5.95 Å². The highest BCUT2D eigenvalue weighted by Gasteiger charge is 2.26. The van der Waals surface area contributed by atoms with Crippen molar-refractivity contribution in [1.29, 1.82) is 0 Å². The van der Waals surface area contributed by atoms with E-state index in [0.717, 1.165) is 37.6 Å². The van der Waals surface area contributed by atoms with Crippen LogP contribution < -0.4 is 10.2 Å². The molecule has 8 nitrogen and oxygen atoms in total. The normalized spacial score (nSPS) is 17.6. The summed E-state index contributed by atoms with van der Waals surface area (Å²) in [5.74, 6) is 0.854. The monoisotopic (exact) mass is 337 g/mol. The maximum Gasteiger partial charge on any atom is 0.256 e. The zero-order valence-electron chi connectivity index (χ0n) is 14.0. The fourth-order valence-electron chi connectivity index (χ4n) is 3.37. The molecule has 25 heavy (non-hydrogen) atoms. The summed E-state index contributed by atoms with van der Waals surface area (Å²) in [4.78, 5) is 27.2. The predicted octanol–water partition coefficient (Wildman–Crippen LogP) is 1.26. The topological polar surface area (TPSA) is 88.3 Å². The Morgan fingerprint density at radius 2 is 2.08 bits per heavy atom. The highest BCUT2D eigenvalue weighted by atomic mass is 16.1. The van der Waals surface area contributed by atoms with Gasteiger partial charge in [-0.25, -0.2) is 19.5 Å². The number of piperidine rings is 1. The number of hydrogen-bond donors (Lipinski definition) is 1. The summed E-state index contributed by atoms with van der Waals surface area (Å²) in [6, 6.07) is 3.80. The van der Waals surface area contributed by atoms with Crippen LogP contribution in [0.3, 0.4) is 0 Å². The van der Waals surface area contributed by atoms with Crippen LogP contribution in [-0.2, 0) is 0 Å². The number of anilines is 1. The SMILES string of the molecule is CNC(=O)c1cnn2c(C3CCCN(c4ncccn4)C3)ccnc12. The minimum Gasteiger partial charge on any atom is -0.355 e. The number of carbonyl (C=O) groups is 1. The number of hydrogen-bond acceptors (Lipinski definition) is 6. The number of aromatic nitrogens is 5. The van der Waals surface area contributed by atoms with Gasteiger partial charge in [-0.1, -0.05) is 0 Å². The molecule has 1 unspecified atom stereocenters. The van der Waals surface area contributed by atoms with Crippen molar-refractivity contribution < 1.29 is 4.79 Å². The van der Waals surface area contributed by atoms with Crippen molar-refractivity contribution in [2.45, 2.75) is 18.8 Å². The third-order valence-corrected chi connectivity index (χ3v) is 4.58. The predicted molar refractivity (Wildman–Crippen MR) is 92.6 cm³/mol. The first kappa shape index (κ1) is 15.5. The van der Waals surface area contributed by atoms with Gasteiger partial charge in [0.1, 0.15) is 5.56 Å². The van der Waals surface area contributed by atoms with E-state index in [9.17, 15) is 4.79 Å². The van der Waals surface area contributed by atoms with Crippen LogP contribution in [-0.4, -0.2) is 50.6 Å². The maximum atomic E-state index is 12.0. The highest BCUT2D eigenvalue weighted by molar-refractivity contribution is 5.99. The molecule has 1 N–H and O–H groups in total. The summed E-state index contributed by atoms with van der Waals surface area (Å²) in [5.41, 5.74) is 2.13. The molecule has 0 aromatic carbocycles. The van der Waals surface area contributed by atoms with Crippen LogP contribution in [0.25, 0.3) is 5.65 Å². The zero-order chi connectivity index (χ0) is 17.2. The van der Waals surface area contributed by atoms with Crippen LogP contribution in [0.2, 0.25) is 0 Å². The third kappa shape index (κ3) is 2.79. The summed E-state index contributed by atoms with van der Waals surface area (Å²) in [7, 11) is 1.61. The third-order valence-electron chi connectivity index (χ3n) is 4.58. The second-order valence-corrected chi connectivity index (χ2v) is 6.08. The van der Waals surface area contributed by atoms with Gasteiger partial charge in [-0.15, -0.1) is 0 Å². The smallest absolute Gasteiger partial charge is 0.256 e. The van der Waals surface area contributed by atoms with Crippen LogP contribution in [0.1, 0.15) is 34.8 Å². The van der Waals surface area contributed by atoms with E-state index in [0.29, 0.717) is 11.2 Å². The van der Waals surface area contributed by atoms with E-state index >= 15 is 0 Å². The minimum absolute atomic E-state index is 0.178. The Balaban J connectivity index is 1.67. The molecule has 1 saturated heterocycles. The van der Waals surface area contributed by atoms with Gasteiger partial charge in [0.25, 0.3) is 5.91 Å². The Morgan fingerprint density at radius 1 is 1.24 bits per heavy atom. The van der Waals surface area contributed by atoms with E-state index in [-0.39, 0.29) is 11.8 Å². The van der Waals surface area contributed by atoms with Crippen LogP contribution in [0.5, 0.6) is 0 Å². The Bertz CT molecular complexity index is 892. The molecule has 8 heteroatoms. The van der Waals surface area contributed by atoms with Crippen molar-refractivity contribution in [1.82, 2.24) is 29.9 Å². The molecule has 1 amide bonds. The average Bonchev–Trinajstić information content (AvgIpc) is 3.12. The number of carbonyl (C=O) groups excluding carboxylic acids is 1. The summed E-state index contributed by atoms with van der Waals surface area (Å²) in [5, 5.41) is 7.03. The Hall–Kier alpha value is -3.03. The summed E-state index contributed by atoms with van der Waals surface area (Å²) in [6.45, 7) is 1.76. The van der Waals surface area contributed by atoms with Crippen molar-refractivity contribution in [2.24, 2.45) is 0 Å². The van der Waals surface area contributed by atoms with Crippen LogP contribution in [0, 0.1) is 0 Å². The number of rotatable bonds is 3. The lowest BCUT2D eigenvalue weighted by Gasteiger charge is -2.32. The summed E-state index contributed by atoms with van der Waals surface area (Å²) in [6.07, 6.45) is 8.95. The first-order valence-corrected chi connectivity index (χ1v) is 8.34. The molecule has 1 aliphatic rings. The Kier molecular flexibility index (Phi) is 4.01. The maximum absolute atomic E-state index is 12.0. The Labute approximate surface area is 144 Å². The van der Waals surface area contributed by atoms with Crippen LogP contribution in [0.4, 0.5) is 5.95 Å². The van der Waals surface area contributed by atoms with Crippen LogP contribution >= 0.6 is 0 Å². The van der Waals surface area contributed by atoms with Crippen molar-refractivity contribution in [2.75, 3.05) is 25.0 Å². The van der Waals surface area contributed by atoms with Crippen molar-refractivity contribution in [3.8, 4) is 0 Å². The van der Waals surface area contributed by atoms with Gasteiger partial charge in [0.15, 0.2) is 5.65 Å². The molecule has 1 aliphatic heterocycles. The average molecular weight is 337 g/mol. The molecule has 4 heterocycles. The molecule has 0 bridgehead atoms. The highest BCUT2D eigenvalue weighted by Crippen LogP contribution is 2.28. The van der Waals surface area contributed by atoms with Gasteiger partial charge >= 0.3 is 0 Å². The molecule has 0 aliphatic carbocycles. The molecular formula is C17H19N7O. The first-order valence-electron chi connectivity index (χ1n) is 8.34. The fraction of sp³-hybridized carbons (Fsp3) is 0.353. The van der Waals surface area contributed by atoms with E-state index in [4.69, 9.17) is 0 Å². The Morgan fingerprint density at radius 3 is 2.88 bits per heavy atom. The molecule has 0 radical (unpaired) electrons. The molecule has 0 spiro atoms. The molecule has 3 aromatic heterocycles. The number of nitrogens with one attached hydrogen (secondary N) is 1. The fourth-order valence-corrected chi connectivity index (χ4v) is 3.37. The second-order valence-electron chi connectivity index (χ2n) is 6.08. The lowest BCUT2D eigenvalue weighted by atomic mass is 9.94. The lowest BCUT2D eigenvalue weighted by Crippen LogP contribution is -2.36. The van der Waals surface area contributed by atoms with E-state index in [2.05, 4.69) is 30.3 Å². The van der Waals surface area contributed by atoms with E-state index in [1.54, 1.807) is 36.4 Å². The molecule has 0 saturated carbocycles. The molecule has 128 valence electrons. The summed E-state index contributed by atoms with van der Waals surface area (Å²) >= 11 is 0. The number of amides is 1. The van der Waals surface area contributed by atoms with E-state index in [1.807, 2.05) is 12.1 Å². The number of fused-ring (bicyclic) bond motifs is 1. The second kappa shape index (κ2) is 6.46. The van der Waals surface area contributed by atoms with E-state index in [1.165, 1.54) is 0 Å². The van der Waals surface area contributed by atoms with E-state index < -0.39 is 0 Å². The van der Waals surface area contributed by atoms with Gasteiger partial charge in [0.05, 0.1) is 11.9 Å². The van der Waals surface area contributed by atoms with Crippen molar-refractivity contribution in [3.05, 3.63) is 48.2 Å². The van der Waals surface area contributed by atoms with Gasteiger partial charge in [-0.2, -0.15) is 5.10 Å². The van der Waals surface area contributed by atoms with Gasteiger partial charge in [-0.05, 0) is 25.0 Å². The zero-order valence-corrected chi connectivity index (χ0v) is 14.0. The lowest BCUT2D eigenvalue weighted by molar-refractivity contribution is 0.0964. The molecule has 1 fully saturated rings. The summed E-state index contributed by atoms with van der Waals surface area (Å²) < 4.78 is 1.78. The van der Waals surface area contributed by atoms with Gasteiger partial charge in [0, 0.05) is 44.6 Å².